The monoisotopic (exact) mass is 424 g/mol. The first-order chi connectivity index (χ1) is 14.3. The predicted octanol–water partition coefficient (Wildman–Crippen LogP) is 0.521. The number of alkyl carbamates (subject to hydrolysis) is 1. The van der Waals surface area contributed by atoms with E-state index in [4.69, 9.17) is 4.74 Å². The van der Waals surface area contributed by atoms with Crippen LogP contribution in [0.2, 0.25) is 0 Å². The molecule has 0 heterocycles. The molecule has 0 radical (unpaired) electrons. The molecule has 3 atom stereocenters. The minimum absolute atomic E-state index is 0.0226. The van der Waals surface area contributed by atoms with E-state index in [1.165, 1.54) is 7.11 Å². The maximum Gasteiger partial charge on any atom is 0.407 e. The third-order valence-corrected chi connectivity index (χ3v) is 4.13. The summed E-state index contributed by atoms with van der Waals surface area (Å²) in [5, 5.41) is 14.7. The zero-order chi connectivity index (χ0) is 22.5. The Kier molecular flexibility index (Phi) is 10.9. The van der Waals surface area contributed by atoms with Gasteiger partial charge in [-0.25, -0.2) is 9.59 Å². The minimum Gasteiger partial charge on any atom is -0.469 e. The van der Waals surface area contributed by atoms with Crippen LogP contribution in [0.4, 0.5) is 4.79 Å². The summed E-state index contributed by atoms with van der Waals surface area (Å²) in [6, 6.07) is 7.98. The number of esters is 2. The summed E-state index contributed by atoms with van der Waals surface area (Å²) in [5.74, 6) is -2.55. The highest BCUT2D eigenvalue weighted by molar-refractivity contribution is 5.85. The van der Waals surface area contributed by atoms with Crippen molar-refractivity contribution in [3.8, 4) is 0 Å². The minimum atomic E-state index is -1.20. The van der Waals surface area contributed by atoms with Crippen molar-refractivity contribution >= 4 is 23.9 Å². The van der Waals surface area contributed by atoms with Crippen LogP contribution in [0, 0.1) is 5.92 Å². The van der Waals surface area contributed by atoms with Crippen molar-refractivity contribution < 1.29 is 38.5 Å². The highest BCUT2D eigenvalue weighted by Gasteiger charge is 2.27. The van der Waals surface area contributed by atoms with Crippen molar-refractivity contribution in [2.75, 3.05) is 20.8 Å². The number of carbonyl (C=O) groups excluding carboxylic acids is 4. The van der Waals surface area contributed by atoms with E-state index in [0.29, 0.717) is 0 Å². The molecule has 1 aromatic rings. The number of aliphatic hydroxyl groups excluding tert-OH is 1. The Hall–Kier alpha value is -3.14. The van der Waals surface area contributed by atoms with Gasteiger partial charge in [0.05, 0.1) is 32.7 Å². The standard InChI is InChI=1S/C20H28N2O8/c1-13(18(25)28-2)9-16(19(26)29-3)22-17(24)10-15(23)11-21-20(27)30-12-14-7-5-4-6-8-14/h4-8,13,15-16,23H,9-12H2,1-3H3,(H,21,27)(H,22,24)/t13-,15+,16+/m1/s1. The van der Waals surface area contributed by atoms with Gasteiger partial charge in [0.15, 0.2) is 0 Å². The van der Waals surface area contributed by atoms with Gasteiger partial charge in [-0.05, 0) is 12.0 Å². The number of ether oxygens (including phenoxy) is 3. The number of hydrogen-bond donors (Lipinski definition) is 3. The molecular weight excluding hydrogens is 396 g/mol. The molecule has 0 saturated heterocycles. The van der Waals surface area contributed by atoms with E-state index in [-0.39, 0.29) is 26.0 Å². The maximum atomic E-state index is 12.1. The maximum absolute atomic E-state index is 12.1. The Morgan fingerprint density at radius 1 is 1.03 bits per heavy atom. The molecule has 0 bridgehead atoms. The van der Waals surface area contributed by atoms with Crippen molar-refractivity contribution in [1.29, 1.82) is 0 Å². The van der Waals surface area contributed by atoms with Crippen LogP contribution in [0.1, 0.15) is 25.3 Å². The van der Waals surface area contributed by atoms with E-state index in [9.17, 15) is 24.3 Å². The predicted molar refractivity (Wildman–Crippen MR) is 105 cm³/mol. The summed E-state index contributed by atoms with van der Waals surface area (Å²) in [5.41, 5.74) is 0.808. The Morgan fingerprint density at radius 2 is 1.67 bits per heavy atom. The van der Waals surface area contributed by atoms with Crippen molar-refractivity contribution in [2.45, 2.75) is 38.5 Å². The zero-order valence-electron chi connectivity index (χ0n) is 17.3. The second kappa shape index (κ2) is 13.2. The molecule has 166 valence electrons. The van der Waals surface area contributed by atoms with E-state index in [0.717, 1.165) is 12.7 Å². The largest absolute Gasteiger partial charge is 0.469 e. The van der Waals surface area contributed by atoms with Crippen molar-refractivity contribution in [1.82, 2.24) is 10.6 Å². The van der Waals surface area contributed by atoms with Crippen LogP contribution in [-0.4, -0.2) is 62.0 Å². The average molecular weight is 424 g/mol. The lowest BCUT2D eigenvalue weighted by atomic mass is 10.0. The number of hydrogen-bond acceptors (Lipinski definition) is 8. The van der Waals surface area contributed by atoms with Gasteiger partial charge in [-0.1, -0.05) is 37.3 Å². The van der Waals surface area contributed by atoms with E-state index >= 15 is 0 Å². The van der Waals surface area contributed by atoms with Gasteiger partial charge in [0.1, 0.15) is 12.6 Å². The van der Waals surface area contributed by atoms with Gasteiger partial charge in [-0.15, -0.1) is 0 Å². The number of nitrogens with one attached hydrogen (secondary N) is 2. The fourth-order valence-corrected chi connectivity index (χ4v) is 2.52. The molecule has 0 aliphatic rings. The average Bonchev–Trinajstić information content (AvgIpc) is 2.75. The topological polar surface area (TPSA) is 140 Å². The van der Waals surface area contributed by atoms with Crippen LogP contribution >= 0.6 is 0 Å². The van der Waals surface area contributed by atoms with Gasteiger partial charge in [-0.2, -0.15) is 0 Å². The van der Waals surface area contributed by atoms with Crippen LogP contribution in [0.25, 0.3) is 0 Å². The molecule has 3 N–H and O–H groups in total. The molecule has 1 aromatic carbocycles. The second-order valence-corrected chi connectivity index (χ2v) is 6.60. The summed E-state index contributed by atoms with van der Waals surface area (Å²) in [6.45, 7) is 1.40. The fraction of sp³-hybridized carbons (Fsp3) is 0.500. The van der Waals surface area contributed by atoms with Gasteiger partial charge in [0.2, 0.25) is 5.91 Å². The molecule has 30 heavy (non-hydrogen) atoms. The number of aliphatic hydroxyl groups is 1. The fourth-order valence-electron chi connectivity index (χ4n) is 2.52. The molecule has 0 unspecified atom stereocenters. The first-order valence-electron chi connectivity index (χ1n) is 9.34. The normalized spacial score (nSPS) is 13.3. The third kappa shape index (κ3) is 9.37. The first-order valence-corrected chi connectivity index (χ1v) is 9.34. The molecule has 1 rings (SSSR count). The quantitative estimate of drug-likeness (QED) is 0.345. The van der Waals surface area contributed by atoms with E-state index < -0.39 is 42.0 Å². The number of carbonyl (C=O) groups is 4. The van der Waals surface area contributed by atoms with Crippen molar-refractivity contribution in [3.63, 3.8) is 0 Å². The van der Waals surface area contributed by atoms with E-state index in [1.54, 1.807) is 19.1 Å². The van der Waals surface area contributed by atoms with Gasteiger partial charge < -0.3 is 30.0 Å². The summed E-state index contributed by atoms with van der Waals surface area (Å²) >= 11 is 0. The smallest absolute Gasteiger partial charge is 0.407 e. The van der Waals surface area contributed by atoms with Crippen LogP contribution < -0.4 is 10.6 Å². The molecule has 2 amide bonds. The van der Waals surface area contributed by atoms with Crippen LogP contribution in [0.5, 0.6) is 0 Å². The van der Waals surface area contributed by atoms with Crippen LogP contribution in [0.15, 0.2) is 30.3 Å². The lowest BCUT2D eigenvalue weighted by molar-refractivity contribution is -0.149. The second-order valence-electron chi connectivity index (χ2n) is 6.60. The van der Waals surface area contributed by atoms with E-state index in [1.807, 2.05) is 18.2 Å². The summed E-state index contributed by atoms with van der Waals surface area (Å²) in [4.78, 5) is 47.2. The molecule has 0 aliphatic carbocycles. The summed E-state index contributed by atoms with van der Waals surface area (Å²) in [7, 11) is 2.38. The Morgan fingerprint density at radius 3 is 2.27 bits per heavy atom. The van der Waals surface area contributed by atoms with Gasteiger partial charge in [0.25, 0.3) is 0 Å². The molecule has 10 nitrogen and oxygen atoms in total. The summed E-state index contributed by atoms with van der Waals surface area (Å²) in [6.07, 6.45) is -2.34. The highest BCUT2D eigenvalue weighted by atomic mass is 16.5. The Balaban J connectivity index is 2.42. The molecule has 0 aromatic heterocycles. The molecule has 0 saturated carbocycles. The molecular formula is C20H28N2O8. The lowest BCUT2D eigenvalue weighted by Gasteiger charge is -2.20. The van der Waals surface area contributed by atoms with Crippen molar-refractivity contribution in [2.24, 2.45) is 5.92 Å². The Labute approximate surface area is 174 Å². The third-order valence-electron chi connectivity index (χ3n) is 4.13. The SMILES string of the molecule is COC(=O)[C@H](C)C[C@H](NC(=O)C[C@H](O)CNC(=O)OCc1ccccc1)C(=O)OC. The van der Waals surface area contributed by atoms with Gasteiger partial charge in [-0.3, -0.25) is 9.59 Å². The van der Waals surface area contributed by atoms with Crippen LogP contribution in [-0.2, 0) is 35.2 Å². The first kappa shape index (κ1) is 24.9. The Bertz CT molecular complexity index is 710. The number of benzene rings is 1. The van der Waals surface area contributed by atoms with Crippen LogP contribution in [0.3, 0.4) is 0 Å². The zero-order valence-corrected chi connectivity index (χ0v) is 17.3. The lowest BCUT2D eigenvalue weighted by Crippen LogP contribution is -2.45. The van der Waals surface area contributed by atoms with Gasteiger partial charge in [0, 0.05) is 6.54 Å². The van der Waals surface area contributed by atoms with Crippen molar-refractivity contribution in [3.05, 3.63) is 35.9 Å². The van der Waals surface area contributed by atoms with Gasteiger partial charge >= 0.3 is 18.0 Å². The molecule has 0 fully saturated rings. The molecule has 0 spiro atoms. The number of amides is 2. The number of methoxy groups -OCH3 is 2. The number of rotatable bonds is 11. The summed E-state index contributed by atoms with van der Waals surface area (Å²) < 4.78 is 14.2. The van der Waals surface area contributed by atoms with E-state index in [2.05, 4.69) is 20.1 Å². The molecule has 0 aliphatic heterocycles. The highest BCUT2D eigenvalue weighted by Crippen LogP contribution is 2.10. The molecule has 10 heteroatoms.